The molecular formula is C9H16N4OS. The summed E-state index contributed by atoms with van der Waals surface area (Å²) in [4.78, 5) is 13.4. The molecule has 0 aromatic carbocycles. The molecule has 0 saturated heterocycles. The summed E-state index contributed by atoms with van der Waals surface area (Å²) in [5.41, 5.74) is 5.46. The Kier molecular flexibility index (Phi) is 4.36. The van der Waals surface area contributed by atoms with E-state index in [0.717, 1.165) is 18.1 Å². The molecule has 0 saturated carbocycles. The van der Waals surface area contributed by atoms with E-state index in [1.54, 1.807) is 11.0 Å². The number of nitrogens with zero attached hydrogens (tertiary/aromatic N) is 2. The van der Waals surface area contributed by atoms with Gasteiger partial charge in [-0.1, -0.05) is 0 Å². The number of aromatic nitrogens is 1. The molecule has 0 aliphatic heterocycles. The molecule has 84 valence electrons. The van der Waals surface area contributed by atoms with E-state index in [1.165, 1.54) is 11.5 Å². The molecule has 1 rings (SSSR count). The summed E-state index contributed by atoms with van der Waals surface area (Å²) in [6.07, 6.45) is 0. The molecule has 1 aromatic rings. The number of carbonyl (C=O) groups excluding carboxylic acids is 1. The lowest BCUT2D eigenvalue weighted by Crippen LogP contribution is -2.35. The van der Waals surface area contributed by atoms with Crippen LogP contribution >= 0.6 is 11.5 Å². The van der Waals surface area contributed by atoms with Crippen LogP contribution in [-0.4, -0.2) is 34.8 Å². The van der Waals surface area contributed by atoms with E-state index >= 15 is 0 Å². The van der Waals surface area contributed by atoms with Gasteiger partial charge in [-0.25, -0.2) is 0 Å². The second-order valence-electron chi connectivity index (χ2n) is 3.04. The van der Waals surface area contributed by atoms with Crippen molar-refractivity contribution in [2.45, 2.75) is 13.8 Å². The van der Waals surface area contributed by atoms with Crippen LogP contribution in [0.3, 0.4) is 0 Å². The van der Waals surface area contributed by atoms with Gasteiger partial charge in [-0.3, -0.25) is 4.79 Å². The highest BCUT2D eigenvalue weighted by atomic mass is 32.1. The number of hydrogen-bond donors (Lipinski definition) is 2. The summed E-state index contributed by atoms with van der Waals surface area (Å²) in [5, 5.41) is 3.83. The van der Waals surface area contributed by atoms with Crippen molar-refractivity contribution in [3.8, 4) is 0 Å². The van der Waals surface area contributed by atoms with Crippen LogP contribution in [0.15, 0.2) is 6.07 Å². The summed E-state index contributed by atoms with van der Waals surface area (Å²) in [5.74, 6) is 0.574. The zero-order valence-electron chi connectivity index (χ0n) is 8.99. The maximum Gasteiger partial charge on any atom is 0.241 e. The predicted octanol–water partition coefficient (Wildman–Crippen LogP) is 1.01. The number of amides is 1. The van der Waals surface area contributed by atoms with Crippen LogP contribution in [-0.2, 0) is 4.79 Å². The second kappa shape index (κ2) is 5.55. The van der Waals surface area contributed by atoms with Crippen molar-refractivity contribution in [2.24, 2.45) is 0 Å². The second-order valence-corrected chi connectivity index (χ2v) is 3.84. The smallest absolute Gasteiger partial charge is 0.241 e. The molecule has 1 heterocycles. The van der Waals surface area contributed by atoms with Crippen molar-refractivity contribution in [1.82, 2.24) is 9.27 Å². The minimum Gasteiger partial charge on any atom is -0.383 e. The van der Waals surface area contributed by atoms with E-state index in [-0.39, 0.29) is 5.91 Å². The van der Waals surface area contributed by atoms with Gasteiger partial charge in [0.2, 0.25) is 5.91 Å². The third kappa shape index (κ3) is 3.39. The lowest BCUT2D eigenvalue weighted by molar-refractivity contribution is -0.128. The van der Waals surface area contributed by atoms with Crippen molar-refractivity contribution in [1.29, 1.82) is 0 Å². The Bertz CT molecular complexity index is 322. The lowest BCUT2D eigenvalue weighted by atomic mass is 10.4. The molecule has 0 spiro atoms. The van der Waals surface area contributed by atoms with E-state index in [9.17, 15) is 4.79 Å². The van der Waals surface area contributed by atoms with Crippen LogP contribution in [0.5, 0.6) is 0 Å². The number of carbonyl (C=O) groups is 1. The average Bonchev–Trinajstić information content (AvgIpc) is 2.63. The Morgan fingerprint density at radius 2 is 2.27 bits per heavy atom. The number of rotatable bonds is 5. The SMILES string of the molecule is CCN(CC)C(=O)CNc1cc(N)ns1. The summed E-state index contributed by atoms with van der Waals surface area (Å²) in [7, 11) is 0. The molecule has 0 unspecified atom stereocenters. The van der Waals surface area contributed by atoms with E-state index < -0.39 is 0 Å². The van der Waals surface area contributed by atoms with Crippen LogP contribution in [0.25, 0.3) is 0 Å². The van der Waals surface area contributed by atoms with E-state index in [4.69, 9.17) is 5.73 Å². The summed E-state index contributed by atoms with van der Waals surface area (Å²) >= 11 is 1.26. The zero-order valence-corrected chi connectivity index (χ0v) is 9.80. The average molecular weight is 228 g/mol. The Balaban J connectivity index is 2.40. The van der Waals surface area contributed by atoms with Crippen LogP contribution in [0.1, 0.15) is 13.8 Å². The van der Waals surface area contributed by atoms with Gasteiger partial charge < -0.3 is 16.0 Å². The number of anilines is 2. The van der Waals surface area contributed by atoms with Gasteiger partial charge in [-0.2, -0.15) is 4.37 Å². The molecule has 3 N–H and O–H groups in total. The number of nitrogen functional groups attached to an aromatic ring is 1. The fraction of sp³-hybridized carbons (Fsp3) is 0.556. The van der Waals surface area contributed by atoms with Crippen molar-refractivity contribution in [3.63, 3.8) is 0 Å². The quantitative estimate of drug-likeness (QED) is 0.789. The first-order valence-electron chi connectivity index (χ1n) is 4.91. The van der Waals surface area contributed by atoms with Gasteiger partial charge in [0.15, 0.2) is 0 Å². The van der Waals surface area contributed by atoms with Gasteiger partial charge in [-0.15, -0.1) is 0 Å². The number of likely N-dealkylation sites (N-methyl/N-ethyl adjacent to an activating group) is 1. The Hall–Kier alpha value is -1.30. The molecule has 0 radical (unpaired) electrons. The van der Waals surface area contributed by atoms with Crippen molar-refractivity contribution in [3.05, 3.63) is 6.07 Å². The summed E-state index contributed by atoms with van der Waals surface area (Å²) in [6.45, 7) is 5.70. The summed E-state index contributed by atoms with van der Waals surface area (Å²) < 4.78 is 3.91. The van der Waals surface area contributed by atoms with E-state index in [1.807, 2.05) is 13.8 Å². The first-order chi connectivity index (χ1) is 7.17. The standard InChI is InChI=1S/C9H16N4OS/c1-3-13(4-2)9(14)6-11-8-5-7(10)12-15-8/h5,11H,3-4,6H2,1-2H3,(H2,10,12). The monoisotopic (exact) mass is 228 g/mol. The fourth-order valence-electron chi connectivity index (χ4n) is 1.22. The van der Waals surface area contributed by atoms with E-state index in [0.29, 0.717) is 12.4 Å². The lowest BCUT2D eigenvalue weighted by Gasteiger charge is -2.18. The normalized spacial score (nSPS) is 10.0. The maximum atomic E-state index is 11.6. The molecule has 0 atom stereocenters. The number of hydrogen-bond acceptors (Lipinski definition) is 5. The molecule has 0 aliphatic rings. The fourth-order valence-corrected chi connectivity index (χ4v) is 1.79. The molecule has 0 fully saturated rings. The van der Waals surface area contributed by atoms with Gasteiger partial charge in [0.05, 0.1) is 6.54 Å². The highest BCUT2D eigenvalue weighted by Crippen LogP contribution is 2.16. The van der Waals surface area contributed by atoms with Crippen LogP contribution < -0.4 is 11.1 Å². The van der Waals surface area contributed by atoms with Crippen molar-refractivity contribution in [2.75, 3.05) is 30.7 Å². The van der Waals surface area contributed by atoms with Gasteiger partial charge >= 0.3 is 0 Å². The Morgan fingerprint density at radius 1 is 1.60 bits per heavy atom. The first kappa shape index (κ1) is 11.8. The zero-order chi connectivity index (χ0) is 11.3. The van der Waals surface area contributed by atoms with Crippen LogP contribution in [0.2, 0.25) is 0 Å². The minimum absolute atomic E-state index is 0.0898. The van der Waals surface area contributed by atoms with E-state index in [2.05, 4.69) is 9.69 Å². The Morgan fingerprint density at radius 3 is 2.73 bits per heavy atom. The Labute approximate surface area is 93.4 Å². The third-order valence-electron chi connectivity index (χ3n) is 2.06. The summed E-state index contributed by atoms with van der Waals surface area (Å²) in [6, 6.07) is 1.72. The van der Waals surface area contributed by atoms with Crippen LogP contribution in [0.4, 0.5) is 10.8 Å². The highest BCUT2D eigenvalue weighted by molar-refractivity contribution is 7.10. The first-order valence-corrected chi connectivity index (χ1v) is 5.68. The molecule has 15 heavy (non-hydrogen) atoms. The molecule has 1 amide bonds. The van der Waals surface area contributed by atoms with Gasteiger partial charge in [0, 0.05) is 19.2 Å². The minimum atomic E-state index is 0.0898. The largest absolute Gasteiger partial charge is 0.383 e. The molecule has 1 aromatic heterocycles. The van der Waals surface area contributed by atoms with Gasteiger partial charge in [0.25, 0.3) is 0 Å². The van der Waals surface area contributed by atoms with Crippen molar-refractivity contribution >= 4 is 28.3 Å². The maximum absolute atomic E-state index is 11.6. The highest BCUT2D eigenvalue weighted by Gasteiger charge is 2.09. The van der Waals surface area contributed by atoms with Gasteiger partial charge in [-0.05, 0) is 25.4 Å². The molecule has 6 heteroatoms. The topological polar surface area (TPSA) is 71.2 Å². The molecule has 5 nitrogen and oxygen atoms in total. The number of nitrogens with two attached hydrogens (primary N) is 1. The van der Waals surface area contributed by atoms with Crippen LogP contribution in [0, 0.1) is 0 Å². The molecule has 0 bridgehead atoms. The van der Waals surface area contributed by atoms with Crippen molar-refractivity contribution < 1.29 is 4.79 Å². The van der Waals surface area contributed by atoms with Gasteiger partial charge in [0.1, 0.15) is 10.8 Å². The molecular weight excluding hydrogens is 212 g/mol. The predicted molar refractivity (Wildman–Crippen MR) is 62.9 cm³/mol. The number of nitrogens with one attached hydrogen (secondary N) is 1. The molecule has 0 aliphatic carbocycles. The third-order valence-corrected chi connectivity index (χ3v) is 2.82.